The van der Waals surface area contributed by atoms with Crippen LogP contribution in [0.2, 0.25) is 5.02 Å². The second-order valence-corrected chi connectivity index (χ2v) is 7.97. The van der Waals surface area contributed by atoms with Crippen molar-refractivity contribution in [1.29, 1.82) is 0 Å². The van der Waals surface area contributed by atoms with Crippen LogP contribution in [0.15, 0.2) is 60.7 Å². The smallest absolute Gasteiger partial charge is 0.253 e. The Hall–Kier alpha value is -3.36. The van der Waals surface area contributed by atoms with Crippen LogP contribution >= 0.6 is 11.6 Å². The Morgan fingerprint density at radius 3 is 2.91 bits per heavy atom. The van der Waals surface area contributed by atoms with E-state index in [-0.39, 0.29) is 18.6 Å². The van der Waals surface area contributed by atoms with Gasteiger partial charge < -0.3 is 19.1 Å². The first-order valence-corrected chi connectivity index (χ1v) is 10.7. The molecule has 1 unspecified atom stereocenters. The maximum atomic E-state index is 13.1. The molecule has 0 spiro atoms. The molecule has 5 rings (SSSR count). The number of hydrogen-bond acceptors (Lipinski definition) is 6. The summed E-state index contributed by atoms with van der Waals surface area (Å²) in [6.45, 7) is 2.03. The number of aromatic nitrogens is 3. The quantitative estimate of drug-likeness (QED) is 0.592. The maximum Gasteiger partial charge on any atom is 0.253 e. The standard InChI is InChI=1S/C23H21ClN4O4/c24-18-1-6-22-16(10-18)9-17(12-32-22)23(29)27-7-8-30-21(11-27)13-31-20-4-2-19(3-5-20)28-15-25-14-26-28/h1-6,9-10,14-15,21H,7-8,11-13H2. The molecule has 0 radical (unpaired) electrons. The van der Waals surface area contributed by atoms with E-state index in [2.05, 4.69) is 10.1 Å². The molecule has 3 aromatic rings. The second kappa shape index (κ2) is 9.02. The fraction of sp³-hybridized carbons (Fsp3) is 0.261. The van der Waals surface area contributed by atoms with Crippen LogP contribution in [0.25, 0.3) is 11.8 Å². The number of halogens is 1. The highest BCUT2D eigenvalue weighted by Gasteiger charge is 2.28. The van der Waals surface area contributed by atoms with Crippen LogP contribution < -0.4 is 9.47 Å². The first-order valence-electron chi connectivity index (χ1n) is 10.3. The SMILES string of the molecule is O=C(C1=Cc2cc(Cl)ccc2OC1)N1CCOC(COc2ccc(-n3cncn3)cc2)C1. The maximum absolute atomic E-state index is 13.1. The van der Waals surface area contributed by atoms with Gasteiger partial charge in [0.2, 0.25) is 0 Å². The molecule has 2 aromatic carbocycles. The average Bonchev–Trinajstić information content (AvgIpc) is 3.37. The van der Waals surface area contributed by atoms with Gasteiger partial charge in [0.15, 0.2) is 0 Å². The first-order chi connectivity index (χ1) is 15.7. The molecule has 1 aromatic heterocycles. The summed E-state index contributed by atoms with van der Waals surface area (Å²) >= 11 is 6.07. The number of ether oxygens (including phenoxy) is 3. The predicted octanol–water partition coefficient (Wildman–Crippen LogP) is 3.00. The van der Waals surface area contributed by atoms with E-state index >= 15 is 0 Å². The van der Waals surface area contributed by atoms with Gasteiger partial charge in [-0.05, 0) is 48.5 Å². The zero-order chi connectivity index (χ0) is 21.9. The minimum absolute atomic E-state index is 0.0545. The van der Waals surface area contributed by atoms with Crippen molar-refractivity contribution < 1.29 is 19.0 Å². The molecule has 9 heteroatoms. The van der Waals surface area contributed by atoms with Crippen molar-refractivity contribution in [2.24, 2.45) is 0 Å². The van der Waals surface area contributed by atoms with E-state index < -0.39 is 0 Å². The van der Waals surface area contributed by atoms with Crippen molar-refractivity contribution in [3.8, 4) is 17.2 Å². The molecule has 32 heavy (non-hydrogen) atoms. The normalized spacial score (nSPS) is 17.8. The van der Waals surface area contributed by atoms with E-state index in [0.29, 0.717) is 36.9 Å². The third kappa shape index (κ3) is 4.46. The Morgan fingerprint density at radius 1 is 1.22 bits per heavy atom. The lowest BCUT2D eigenvalue weighted by Gasteiger charge is -2.34. The Kier molecular flexibility index (Phi) is 5.79. The molecule has 1 amide bonds. The number of hydrogen-bond donors (Lipinski definition) is 0. The molecule has 1 saturated heterocycles. The highest BCUT2D eigenvalue weighted by Crippen LogP contribution is 2.29. The molecule has 8 nitrogen and oxygen atoms in total. The van der Waals surface area contributed by atoms with Crippen LogP contribution in [-0.2, 0) is 9.53 Å². The highest BCUT2D eigenvalue weighted by molar-refractivity contribution is 6.30. The fourth-order valence-electron chi connectivity index (χ4n) is 3.71. The lowest BCUT2D eigenvalue weighted by atomic mass is 10.1. The molecule has 0 N–H and O–H groups in total. The predicted molar refractivity (Wildman–Crippen MR) is 118 cm³/mol. The van der Waals surface area contributed by atoms with Crippen molar-refractivity contribution in [2.45, 2.75) is 6.10 Å². The van der Waals surface area contributed by atoms with Crippen molar-refractivity contribution in [1.82, 2.24) is 19.7 Å². The van der Waals surface area contributed by atoms with Gasteiger partial charge >= 0.3 is 0 Å². The van der Waals surface area contributed by atoms with Crippen LogP contribution in [0, 0.1) is 0 Å². The summed E-state index contributed by atoms with van der Waals surface area (Å²) in [4.78, 5) is 18.8. The summed E-state index contributed by atoms with van der Waals surface area (Å²) in [7, 11) is 0. The van der Waals surface area contributed by atoms with Gasteiger partial charge in [0.1, 0.15) is 43.5 Å². The first kappa shape index (κ1) is 20.5. The van der Waals surface area contributed by atoms with Gasteiger partial charge in [-0.15, -0.1) is 0 Å². The molecule has 2 aliphatic heterocycles. The minimum Gasteiger partial charge on any atom is -0.491 e. The number of benzene rings is 2. The van der Waals surface area contributed by atoms with E-state index in [0.717, 1.165) is 22.7 Å². The average molecular weight is 453 g/mol. The van der Waals surface area contributed by atoms with Crippen LogP contribution in [0.5, 0.6) is 11.5 Å². The minimum atomic E-state index is -0.213. The van der Waals surface area contributed by atoms with Crippen LogP contribution in [0.1, 0.15) is 5.56 Å². The molecule has 0 saturated carbocycles. The molecular formula is C23H21ClN4O4. The van der Waals surface area contributed by atoms with Gasteiger partial charge in [-0.25, -0.2) is 9.67 Å². The Balaban J connectivity index is 1.19. The summed E-state index contributed by atoms with van der Waals surface area (Å²) in [5.41, 5.74) is 2.31. The lowest BCUT2D eigenvalue weighted by Crippen LogP contribution is -2.48. The number of rotatable bonds is 5. The van der Waals surface area contributed by atoms with E-state index in [4.69, 9.17) is 25.8 Å². The molecule has 3 heterocycles. The molecule has 164 valence electrons. The number of amides is 1. The monoisotopic (exact) mass is 452 g/mol. The molecule has 1 atom stereocenters. The molecule has 0 bridgehead atoms. The summed E-state index contributed by atoms with van der Waals surface area (Å²) in [5.74, 6) is 1.40. The van der Waals surface area contributed by atoms with Gasteiger partial charge in [0.05, 0.1) is 24.4 Å². The number of fused-ring (bicyclic) bond motifs is 1. The van der Waals surface area contributed by atoms with Gasteiger partial charge in [-0.1, -0.05) is 11.6 Å². The fourth-order valence-corrected chi connectivity index (χ4v) is 3.89. The topological polar surface area (TPSA) is 78.7 Å². The Labute approximate surface area is 190 Å². The number of morpholine rings is 1. The third-order valence-electron chi connectivity index (χ3n) is 5.34. The van der Waals surface area contributed by atoms with Gasteiger partial charge in [0.25, 0.3) is 5.91 Å². The summed E-state index contributed by atoms with van der Waals surface area (Å²) in [6, 6.07) is 12.9. The van der Waals surface area contributed by atoms with Crippen molar-refractivity contribution >= 4 is 23.6 Å². The summed E-state index contributed by atoms with van der Waals surface area (Å²) in [5, 5.41) is 4.71. The number of carbonyl (C=O) groups is 1. The Bertz CT molecular complexity index is 1130. The van der Waals surface area contributed by atoms with E-state index in [1.165, 1.54) is 6.33 Å². The third-order valence-corrected chi connectivity index (χ3v) is 5.58. The number of carbonyl (C=O) groups excluding carboxylic acids is 1. The van der Waals surface area contributed by atoms with Gasteiger partial charge in [0, 0.05) is 17.1 Å². The van der Waals surface area contributed by atoms with Crippen LogP contribution in [-0.4, -0.2) is 64.6 Å². The van der Waals surface area contributed by atoms with Crippen LogP contribution in [0.3, 0.4) is 0 Å². The summed E-state index contributed by atoms with van der Waals surface area (Å²) < 4.78 is 19.1. The highest BCUT2D eigenvalue weighted by atomic mass is 35.5. The molecular weight excluding hydrogens is 432 g/mol. The lowest BCUT2D eigenvalue weighted by molar-refractivity contribution is -0.136. The Morgan fingerprint density at radius 2 is 2.09 bits per heavy atom. The van der Waals surface area contributed by atoms with Gasteiger partial charge in [-0.3, -0.25) is 4.79 Å². The second-order valence-electron chi connectivity index (χ2n) is 7.53. The van der Waals surface area contributed by atoms with Gasteiger partial charge in [-0.2, -0.15) is 5.10 Å². The van der Waals surface area contributed by atoms with E-state index in [9.17, 15) is 4.79 Å². The van der Waals surface area contributed by atoms with Crippen molar-refractivity contribution in [3.63, 3.8) is 0 Å². The van der Waals surface area contributed by atoms with E-state index in [1.807, 2.05) is 36.4 Å². The zero-order valence-electron chi connectivity index (χ0n) is 17.2. The molecule has 2 aliphatic rings. The summed E-state index contributed by atoms with van der Waals surface area (Å²) in [6.07, 6.45) is 4.76. The zero-order valence-corrected chi connectivity index (χ0v) is 17.9. The molecule has 0 aliphatic carbocycles. The van der Waals surface area contributed by atoms with Crippen molar-refractivity contribution in [3.05, 3.63) is 71.3 Å². The number of nitrogens with zero attached hydrogens (tertiary/aromatic N) is 4. The largest absolute Gasteiger partial charge is 0.491 e. The van der Waals surface area contributed by atoms with Crippen LogP contribution in [0.4, 0.5) is 0 Å². The molecule has 1 fully saturated rings. The van der Waals surface area contributed by atoms with Crippen molar-refractivity contribution in [2.75, 3.05) is 32.9 Å². The van der Waals surface area contributed by atoms with E-state index in [1.54, 1.807) is 28.0 Å².